The van der Waals surface area contributed by atoms with Crippen molar-refractivity contribution in [3.8, 4) is 0 Å². The highest BCUT2D eigenvalue weighted by Gasteiger charge is 2.16. The molecule has 1 aromatic heterocycles. The summed E-state index contributed by atoms with van der Waals surface area (Å²) in [5.41, 5.74) is 8.91. The van der Waals surface area contributed by atoms with Gasteiger partial charge in [-0.15, -0.1) is 0 Å². The smallest absolute Gasteiger partial charge is 0.193 e. The quantitative estimate of drug-likeness (QED) is 0.405. The van der Waals surface area contributed by atoms with Crippen molar-refractivity contribution in [1.82, 2.24) is 10.1 Å². The van der Waals surface area contributed by atoms with Crippen LogP contribution in [0.25, 0.3) is 0 Å². The largest absolute Gasteiger partial charge is 0.370 e. The summed E-state index contributed by atoms with van der Waals surface area (Å²) in [4.78, 5) is 18.7. The third kappa shape index (κ3) is 4.46. The van der Waals surface area contributed by atoms with Crippen LogP contribution in [0.2, 0.25) is 0 Å². The zero-order chi connectivity index (χ0) is 20.1. The first kappa shape index (κ1) is 19.4. The Kier molecular flexibility index (Phi) is 5.89. The lowest BCUT2D eigenvalue weighted by atomic mass is 9.93. The van der Waals surface area contributed by atoms with Gasteiger partial charge in [0.1, 0.15) is 6.54 Å². The first-order valence-corrected chi connectivity index (χ1v) is 9.08. The molecule has 1 unspecified atom stereocenters. The molecule has 144 valence electrons. The molecule has 0 aliphatic carbocycles. The number of carbonyl (C=O) groups excluding carboxylic acids is 1. The van der Waals surface area contributed by atoms with Crippen molar-refractivity contribution in [3.05, 3.63) is 88.8 Å². The Labute approximate surface area is 164 Å². The zero-order valence-corrected chi connectivity index (χ0v) is 16.3. The van der Waals surface area contributed by atoms with Gasteiger partial charge in [-0.2, -0.15) is 0 Å². The Morgan fingerprint density at radius 1 is 1.11 bits per heavy atom. The van der Waals surface area contributed by atoms with Crippen molar-refractivity contribution in [1.29, 1.82) is 0 Å². The van der Waals surface area contributed by atoms with Crippen LogP contribution < -0.4 is 5.73 Å². The van der Waals surface area contributed by atoms with Crippen LogP contribution in [0.5, 0.6) is 0 Å². The number of rotatable bonds is 6. The van der Waals surface area contributed by atoms with E-state index in [0.717, 1.165) is 11.3 Å². The minimum absolute atomic E-state index is 0.00369. The zero-order valence-electron chi connectivity index (χ0n) is 16.3. The Morgan fingerprint density at radius 3 is 2.54 bits per heavy atom. The molecule has 6 heteroatoms. The predicted molar refractivity (Wildman–Crippen MR) is 109 cm³/mol. The summed E-state index contributed by atoms with van der Waals surface area (Å²) < 4.78 is 5.39. The lowest BCUT2D eigenvalue weighted by Crippen LogP contribution is -2.30. The number of nitrogens with zero attached hydrogens (tertiary/aromatic N) is 3. The standard InChI is InChI=1S/C22H24N4O2/c1-15(20-13-19(28-25-20)14-24-22(23)26(2)3)17-10-7-11-18(12-17)21(27)16-8-5-4-6-9-16/h4-13,15H,14H2,1-3H3,(H2,23,24). The molecule has 0 bridgehead atoms. The molecule has 2 N–H and O–H groups in total. The number of guanidine groups is 1. The maximum absolute atomic E-state index is 12.7. The molecular weight excluding hydrogens is 352 g/mol. The highest BCUT2D eigenvalue weighted by molar-refractivity contribution is 6.09. The number of aromatic nitrogens is 1. The van der Waals surface area contributed by atoms with Crippen LogP contribution in [0.1, 0.15) is 45.8 Å². The summed E-state index contributed by atoms with van der Waals surface area (Å²) in [5, 5.41) is 4.16. The van der Waals surface area contributed by atoms with Crippen molar-refractivity contribution in [2.24, 2.45) is 10.7 Å². The molecule has 1 atom stereocenters. The molecule has 0 amide bonds. The second-order valence-corrected chi connectivity index (χ2v) is 6.83. The first-order chi connectivity index (χ1) is 13.5. The molecule has 0 aliphatic heterocycles. The van der Waals surface area contributed by atoms with E-state index in [-0.39, 0.29) is 11.7 Å². The second kappa shape index (κ2) is 8.52. The number of benzene rings is 2. The van der Waals surface area contributed by atoms with Crippen molar-refractivity contribution < 1.29 is 9.32 Å². The van der Waals surface area contributed by atoms with Gasteiger partial charge in [0.05, 0.1) is 5.69 Å². The second-order valence-electron chi connectivity index (χ2n) is 6.83. The van der Waals surface area contributed by atoms with Gasteiger partial charge in [-0.1, -0.05) is 60.6 Å². The number of hydrogen-bond acceptors (Lipinski definition) is 4. The molecule has 6 nitrogen and oxygen atoms in total. The molecule has 2 aromatic carbocycles. The fraction of sp³-hybridized carbons (Fsp3) is 0.227. The molecule has 1 heterocycles. The third-order valence-electron chi connectivity index (χ3n) is 4.56. The van der Waals surface area contributed by atoms with E-state index in [0.29, 0.717) is 29.4 Å². The van der Waals surface area contributed by atoms with Crippen LogP contribution in [-0.4, -0.2) is 35.9 Å². The number of nitrogens with two attached hydrogens (primary N) is 1. The molecule has 0 saturated heterocycles. The number of aliphatic imine (C=N–C) groups is 1. The highest BCUT2D eigenvalue weighted by Crippen LogP contribution is 2.25. The highest BCUT2D eigenvalue weighted by atomic mass is 16.5. The fourth-order valence-corrected chi connectivity index (χ4v) is 2.78. The Bertz CT molecular complexity index is 977. The summed E-state index contributed by atoms with van der Waals surface area (Å²) in [6.07, 6.45) is 0. The molecule has 0 spiro atoms. The van der Waals surface area contributed by atoms with Gasteiger partial charge in [-0.3, -0.25) is 4.79 Å². The maximum atomic E-state index is 12.7. The van der Waals surface area contributed by atoms with E-state index in [2.05, 4.69) is 10.1 Å². The van der Waals surface area contributed by atoms with E-state index in [1.54, 1.807) is 4.90 Å². The fourth-order valence-electron chi connectivity index (χ4n) is 2.78. The number of hydrogen-bond donors (Lipinski definition) is 1. The van der Waals surface area contributed by atoms with Crippen molar-refractivity contribution in [3.63, 3.8) is 0 Å². The molecule has 3 rings (SSSR count). The van der Waals surface area contributed by atoms with Gasteiger partial charge in [0.25, 0.3) is 0 Å². The Balaban J connectivity index is 1.77. The SMILES string of the molecule is CC(c1cccc(C(=O)c2ccccc2)c1)c1cc(CN=C(N)N(C)C)on1. The van der Waals surface area contributed by atoms with Gasteiger partial charge in [-0.25, -0.2) is 4.99 Å². The van der Waals surface area contributed by atoms with E-state index < -0.39 is 0 Å². The van der Waals surface area contributed by atoms with Gasteiger partial charge in [0, 0.05) is 37.2 Å². The normalized spacial score (nSPS) is 12.6. The van der Waals surface area contributed by atoms with Crippen molar-refractivity contribution in [2.45, 2.75) is 19.4 Å². The van der Waals surface area contributed by atoms with E-state index in [1.807, 2.05) is 81.7 Å². The minimum atomic E-state index is -0.0174. The van der Waals surface area contributed by atoms with Gasteiger partial charge < -0.3 is 15.2 Å². The van der Waals surface area contributed by atoms with E-state index in [9.17, 15) is 4.79 Å². The maximum Gasteiger partial charge on any atom is 0.193 e. The Hall–Kier alpha value is -3.41. The van der Waals surface area contributed by atoms with Crippen LogP contribution in [0.3, 0.4) is 0 Å². The lowest BCUT2D eigenvalue weighted by molar-refractivity contribution is 0.103. The lowest BCUT2D eigenvalue weighted by Gasteiger charge is -2.10. The summed E-state index contributed by atoms with van der Waals surface area (Å²) in [7, 11) is 3.66. The number of carbonyl (C=O) groups is 1. The van der Waals surface area contributed by atoms with E-state index >= 15 is 0 Å². The summed E-state index contributed by atoms with van der Waals surface area (Å²) >= 11 is 0. The Morgan fingerprint density at radius 2 is 1.82 bits per heavy atom. The van der Waals surface area contributed by atoms with Gasteiger partial charge in [-0.05, 0) is 11.6 Å². The molecule has 0 fully saturated rings. The van der Waals surface area contributed by atoms with Gasteiger partial charge in [0.2, 0.25) is 0 Å². The third-order valence-corrected chi connectivity index (χ3v) is 4.56. The van der Waals surface area contributed by atoms with Crippen LogP contribution in [0, 0.1) is 0 Å². The first-order valence-electron chi connectivity index (χ1n) is 9.08. The van der Waals surface area contributed by atoms with E-state index in [4.69, 9.17) is 10.3 Å². The molecular formula is C22H24N4O2. The van der Waals surface area contributed by atoms with Gasteiger partial charge >= 0.3 is 0 Å². The average molecular weight is 376 g/mol. The molecule has 3 aromatic rings. The van der Waals surface area contributed by atoms with Crippen molar-refractivity contribution >= 4 is 11.7 Å². The average Bonchev–Trinajstić information content (AvgIpc) is 3.20. The van der Waals surface area contributed by atoms with Crippen LogP contribution in [0.15, 0.2) is 70.2 Å². The van der Waals surface area contributed by atoms with Crippen LogP contribution >= 0.6 is 0 Å². The molecule has 0 radical (unpaired) electrons. The summed E-state index contributed by atoms with van der Waals surface area (Å²) in [5.74, 6) is 1.06. The van der Waals surface area contributed by atoms with Crippen LogP contribution in [-0.2, 0) is 6.54 Å². The van der Waals surface area contributed by atoms with Crippen molar-refractivity contribution in [2.75, 3.05) is 14.1 Å². The van der Waals surface area contributed by atoms with Gasteiger partial charge in [0.15, 0.2) is 17.5 Å². The molecule has 28 heavy (non-hydrogen) atoms. The predicted octanol–water partition coefficient (Wildman–Crippen LogP) is 3.43. The summed E-state index contributed by atoms with van der Waals surface area (Å²) in [6, 6.07) is 18.8. The summed E-state index contributed by atoms with van der Waals surface area (Å²) in [6.45, 7) is 2.36. The molecule has 0 aliphatic rings. The number of ketones is 1. The van der Waals surface area contributed by atoms with Crippen LogP contribution in [0.4, 0.5) is 0 Å². The minimum Gasteiger partial charge on any atom is -0.370 e. The monoisotopic (exact) mass is 376 g/mol. The van der Waals surface area contributed by atoms with E-state index in [1.165, 1.54) is 0 Å². The molecule has 0 saturated carbocycles. The topological polar surface area (TPSA) is 84.7 Å².